The molecule has 0 spiro atoms. The summed E-state index contributed by atoms with van der Waals surface area (Å²) >= 11 is 0. The van der Waals surface area contributed by atoms with Gasteiger partial charge in [-0.25, -0.2) is 0 Å². The van der Waals surface area contributed by atoms with Crippen molar-refractivity contribution in [2.24, 2.45) is 0 Å². The van der Waals surface area contributed by atoms with E-state index in [-0.39, 0.29) is 0 Å². The predicted molar refractivity (Wildman–Crippen MR) is 23.9 cm³/mol. The van der Waals surface area contributed by atoms with Gasteiger partial charge in [-0.15, -0.1) is 10.7 Å². The number of nitrogens with zero attached hydrogens (tertiary/aromatic N) is 1. The van der Waals surface area contributed by atoms with Crippen LogP contribution in [0.15, 0.2) is 12.3 Å². The summed E-state index contributed by atoms with van der Waals surface area (Å²) in [5, 5.41) is 9.46. The van der Waals surface area contributed by atoms with E-state index in [2.05, 4.69) is 11.0 Å². The molecule has 0 atom stereocenters. The summed E-state index contributed by atoms with van der Waals surface area (Å²) in [5.41, 5.74) is 5.01. The minimum Gasteiger partial charge on any atom is -0.314 e. The van der Waals surface area contributed by atoms with Gasteiger partial charge in [0.1, 0.15) is 0 Å². The highest BCUT2D eigenvalue weighted by Crippen LogP contribution is 1.78. The van der Waals surface area contributed by atoms with E-state index in [9.17, 15) is 0 Å². The molecule has 0 saturated heterocycles. The molecule has 0 fully saturated rings. The molecule has 4 nitrogen and oxygen atoms in total. The number of nitrogens with one attached hydrogen (secondary N) is 2. The van der Waals surface area contributed by atoms with Crippen molar-refractivity contribution < 1.29 is 5.21 Å². The molecule has 0 aromatic heterocycles. The molecule has 1 aliphatic heterocycles. The summed E-state index contributed by atoms with van der Waals surface area (Å²) in [7, 11) is 0. The van der Waals surface area contributed by atoms with Gasteiger partial charge in [-0.3, -0.25) is 5.21 Å². The van der Waals surface area contributed by atoms with Gasteiger partial charge in [-0.2, -0.15) is 0 Å². The van der Waals surface area contributed by atoms with Crippen LogP contribution in [0.4, 0.5) is 0 Å². The molecule has 3 N–H and O–H groups in total. The molecule has 40 valence electrons. The standard InChI is InChI=1S/C3H7N3O/c7-6-3-1-2-4-5-6/h1-2,4-5,7H,3H2. The zero-order valence-electron chi connectivity index (χ0n) is 3.76. The molecular formula is C3H7N3O. The van der Waals surface area contributed by atoms with Gasteiger partial charge in [-0.05, 0) is 6.08 Å². The van der Waals surface area contributed by atoms with Crippen molar-refractivity contribution >= 4 is 0 Å². The first kappa shape index (κ1) is 4.58. The first-order valence-electron chi connectivity index (χ1n) is 2.02. The summed E-state index contributed by atoms with van der Waals surface area (Å²) in [6.07, 6.45) is 3.50. The zero-order chi connectivity index (χ0) is 5.11. The van der Waals surface area contributed by atoms with Crippen molar-refractivity contribution in [3.05, 3.63) is 12.3 Å². The van der Waals surface area contributed by atoms with Crippen LogP contribution < -0.4 is 11.0 Å². The van der Waals surface area contributed by atoms with E-state index in [1.165, 1.54) is 0 Å². The van der Waals surface area contributed by atoms with Crippen molar-refractivity contribution in [2.75, 3.05) is 6.54 Å². The molecule has 1 heterocycles. The molecule has 0 aliphatic carbocycles. The Labute approximate surface area is 41.3 Å². The van der Waals surface area contributed by atoms with Crippen LogP contribution in [0.1, 0.15) is 0 Å². The molecule has 0 amide bonds. The largest absolute Gasteiger partial charge is 0.314 e. The number of hydrogen-bond donors (Lipinski definition) is 3. The summed E-state index contributed by atoms with van der Waals surface area (Å²) in [4.78, 5) is 0. The molecule has 1 rings (SSSR count). The number of rotatable bonds is 0. The Morgan fingerprint density at radius 2 is 2.57 bits per heavy atom. The summed E-state index contributed by atoms with van der Waals surface area (Å²) in [6, 6.07) is 0. The normalized spacial score (nSPS) is 21.9. The molecule has 0 bridgehead atoms. The van der Waals surface area contributed by atoms with Crippen LogP contribution in [0.5, 0.6) is 0 Å². The maximum absolute atomic E-state index is 8.52. The minimum atomic E-state index is 0.521. The van der Waals surface area contributed by atoms with Gasteiger partial charge in [0, 0.05) is 6.20 Å². The number of hydroxylamine groups is 1. The maximum atomic E-state index is 8.52. The SMILES string of the molecule is ON1CC=CNN1. The second-order valence-electron chi connectivity index (χ2n) is 1.24. The molecule has 0 aromatic rings. The third-order valence-electron chi connectivity index (χ3n) is 0.673. The fourth-order valence-electron chi connectivity index (χ4n) is 0.369. The smallest absolute Gasteiger partial charge is 0.0615 e. The predicted octanol–water partition coefficient (Wildman–Crippen LogP) is -0.786. The van der Waals surface area contributed by atoms with Crippen LogP contribution >= 0.6 is 0 Å². The number of hydrogen-bond acceptors (Lipinski definition) is 4. The fourth-order valence-corrected chi connectivity index (χ4v) is 0.369. The van der Waals surface area contributed by atoms with E-state index >= 15 is 0 Å². The molecule has 7 heavy (non-hydrogen) atoms. The van der Waals surface area contributed by atoms with E-state index < -0.39 is 0 Å². The van der Waals surface area contributed by atoms with Gasteiger partial charge < -0.3 is 5.43 Å². The van der Waals surface area contributed by atoms with Gasteiger partial charge in [-0.1, -0.05) is 0 Å². The van der Waals surface area contributed by atoms with Crippen molar-refractivity contribution in [3.8, 4) is 0 Å². The Kier molecular flexibility index (Phi) is 1.26. The van der Waals surface area contributed by atoms with Crippen LogP contribution in [0.2, 0.25) is 0 Å². The van der Waals surface area contributed by atoms with E-state index in [1.807, 2.05) is 0 Å². The lowest BCUT2D eigenvalue weighted by molar-refractivity contribution is -0.140. The maximum Gasteiger partial charge on any atom is 0.0615 e. The van der Waals surface area contributed by atoms with E-state index in [0.717, 1.165) is 5.17 Å². The van der Waals surface area contributed by atoms with E-state index in [1.54, 1.807) is 12.3 Å². The van der Waals surface area contributed by atoms with Gasteiger partial charge in [0.25, 0.3) is 0 Å². The molecule has 1 aliphatic rings. The van der Waals surface area contributed by atoms with Crippen LogP contribution in [-0.2, 0) is 0 Å². The Morgan fingerprint density at radius 1 is 1.71 bits per heavy atom. The third kappa shape index (κ3) is 1.15. The van der Waals surface area contributed by atoms with E-state index in [4.69, 9.17) is 5.21 Å². The van der Waals surface area contributed by atoms with Crippen molar-refractivity contribution in [3.63, 3.8) is 0 Å². The molecule has 4 heteroatoms. The molecule has 0 unspecified atom stereocenters. The lowest BCUT2D eigenvalue weighted by Crippen LogP contribution is -2.45. The lowest BCUT2D eigenvalue weighted by atomic mass is 10.6. The first-order chi connectivity index (χ1) is 3.39. The zero-order valence-corrected chi connectivity index (χ0v) is 3.76. The van der Waals surface area contributed by atoms with Crippen molar-refractivity contribution in [2.45, 2.75) is 0 Å². The Morgan fingerprint density at radius 3 is 2.86 bits per heavy atom. The highest BCUT2D eigenvalue weighted by molar-refractivity contribution is 4.81. The second-order valence-corrected chi connectivity index (χ2v) is 1.24. The average molecular weight is 101 g/mol. The highest BCUT2D eigenvalue weighted by Gasteiger charge is 1.95. The van der Waals surface area contributed by atoms with Crippen molar-refractivity contribution in [1.82, 2.24) is 16.1 Å². The monoisotopic (exact) mass is 101 g/mol. The van der Waals surface area contributed by atoms with Crippen molar-refractivity contribution in [1.29, 1.82) is 0 Å². The molecular weight excluding hydrogens is 94.1 g/mol. The van der Waals surface area contributed by atoms with Crippen LogP contribution in [0, 0.1) is 0 Å². The summed E-state index contributed by atoms with van der Waals surface area (Å²) in [5.74, 6) is 0. The van der Waals surface area contributed by atoms with Crippen LogP contribution in [0.3, 0.4) is 0 Å². The van der Waals surface area contributed by atoms with E-state index in [0.29, 0.717) is 6.54 Å². The van der Waals surface area contributed by atoms with Crippen LogP contribution in [-0.4, -0.2) is 16.9 Å². The van der Waals surface area contributed by atoms with Gasteiger partial charge in [0.2, 0.25) is 0 Å². The van der Waals surface area contributed by atoms with Gasteiger partial charge in [0.05, 0.1) is 6.54 Å². The highest BCUT2D eigenvalue weighted by atomic mass is 16.5. The summed E-state index contributed by atoms with van der Waals surface area (Å²) < 4.78 is 0. The van der Waals surface area contributed by atoms with Gasteiger partial charge >= 0.3 is 0 Å². The third-order valence-corrected chi connectivity index (χ3v) is 0.673. The lowest BCUT2D eigenvalue weighted by Gasteiger charge is -2.16. The molecule has 0 saturated carbocycles. The topological polar surface area (TPSA) is 47.5 Å². The minimum absolute atomic E-state index is 0.521. The fraction of sp³-hybridized carbons (Fsp3) is 0.333. The second kappa shape index (κ2) is 1.92. The Bertz CT molecular complexity index is 82.2. The molecule has 0 radical (unpaired) electrons. The van der Waals surface area contributed by atoms with Crippen LogP contribution in [0.25, 0.3) is 0 Å². The average Bonchev–Trinajstić information content (AvgIpc) is 1.69. The molecule has 0 aromatic carbocycles. The summed E-state index contributed by atoms with van der Waals surface area (Å²) in [6.45, 7) is 0.521. The van der Waals surface area contributed by atoms with Gasteiger partial charge in [0.15, 0.2) is 0 Å². The Hall–Kier alpha value is -0.580. The quantitative estimate of drug-likeness (QED) is 0.374. The number of hydrazine groups is 2. The Balaban J connectivity index is 2.32. The first-order valence-corrected chi connectivity index (χ1v) is 2.02.